The third-order valence-electron chi connectivity index (χ3n) is 2.46. The number of amides is 1. The molecule has 1 aromatic heterocycles. The number of alkyl halides is 3. The Morgan fingerprint density at radius 2 is 1.95 bits per heavy atom. The topological polar surface area (TPSA) is 72.9 Å². The molecule has 0 aliphatic heterocycles. The van der Waals surface area contributed by atoms with Gasteiger partial charge in [0.15, 0.2) is 0 Å². The number of rotatable bonds is 3. The van der Waals surface area contributed by atoms with Crippen LogP contribution >= 0.6 is 0 Å². The molecule has 0 spiro atoms. The van der Waals surface area contributed by atoms with Crippen LogP contribution in [0.2, 0.25) is 0 Å². The van der Waals surface area contributed by atoms with E-state index in [1.807, 2.05) is 0 Å². The Hall–Kier alpha value is -2.51. The van der Waals surface area contributed by atoms with Crippen LogP contribution in [-0.2, 0) is 17.5 Å². The normalized spacial score (nSPS) is 11.3. The first-order valence-electron chi connectivity index (χ1n) is 5.59. The summed E-state index contributed by atoms with van der Waals surface area (Å²) in [5.74, 6) is -0.480. The van der Waals surface area contributed by atoms with E-state index in [1.54, 1.807) is 24.3 Å². The van der Waals surface area contributed by atoms with Crippen LogP contribution in [0.4, 0.5) is 24.5 Å². The number of halogens is 3. The zero-order chi connectivity index (χ0) is 14.8. The van der Waals surface area contributed by atoms with E-state index in [0.29, 0.717) is 17.6 Å². The molecule has 0 radical (unpaired) electrons. The van der Waals surface area contributed by atoms with Gasteiger partial charge in [0.2, 0.25) is 5.91 Å². The highest BCUT2D eigenvalue weighted by Gasteiger charge is 2.32. The van der Waals surface area contributed by atoms with Crippen molar-refractivity contribution < 1.29 is 18.0 Å². The molecule has 1 heterocycles. The lowest BCUT2D eigenvalue weighted by Gasteiger charge is -2.05. The monoisotopic (exact) mass is 284 g/mol. The molecule has 0 aliphatic rings. The molecule has 1 aromatic carbocycles. The highest BCUT2D eigenvalue weighted by molar-refractivity contribution is 5.90. The highest BCUT2D eigenvalue weighted by Crippen LogP contribution is 2.28. The second-order valence-corrected chi connectivity index (χ2v) is 4.09. The van der Waals surface area contributed by atoms with Gasteiger partial charge in [-0.25, -0.2) is 0 Å². The molecule has 0 saturated heterocycles. The molecule has 0 unspecified atom stereocenters. The van der Waals surface area contributed by atoms with Crippen LogP contribution in [0.3, 0.4) is 0 Å². The van der Waals surface area contributed by atoms with Gasteiger partial charge in [0.1, 0.15) is 6.54 Å². The molecular formula is C12H11F3N4O. The molecule has 0 aliphatic carbocycles. The van der Waals surface area contributed by atoms with Gasteiger partial charge >= 0.3 is 6.18 Å². The molecule has 8 heteroatoms. The fraction of sp³-hybridized carbons (Fsp3) is 0.167. The van der Waals surface area contributed by atoms with E-state index in [4.69, 9.17) is 5.73 Å². The van der Waals surface area contributed by atoms with E-state index in [-0.39, 0.29) is 6.54 Å². The van der Waals surface area contributed by atoms with E-state index in [9.17, 15) is 18.0 Å². The number of nitrogens with two attached hydrogens (primary N) is 1. The number of carbonyl (C=O) groups excluding carboxylic acids is 1. The van der Waals surface area contributed by atoms with E-state index in [1.165, 1.54) is 0 Å². The van der Waals surface area contributed by atoms with Crippen LogP contribution in [0, 0.1) is 0 Å². The maximum atomic E-state index is 12.4. The minimum absolute atomic E-state index is 0.305. The summed E-state index contributed by atoms with van der Waals surface area (Å²) in [7, 11) is 0. The van der Waals surface area contributed by atoms with Crippen molar-refractivity contribution in [2.45, 2.75) is 12.7 Å². The fourth-order valence-electron chi connectivity index (χ4n) is 1.51. The predicted molar refractivity (Wildman–Crippen MR) is 66.7 cm³/mol. The predicted octanol–water partition coefficient (Wildman–Crippen LogP) is 2.12. The molecule has 2 aromatic rings. The number of hydrogen-bond donors (Lipinski definition) is 2. The number of hydrogen-bond acceptors (Lipinski definition) is 3. The van der Waals surface area contributed by atoms with Gasteiger partial charge in [-0.05, 0) is 24.3 Å². The Bertz CT molecular complexity index is 604. The number of benzene rings is 1. The van der Waals surface area contributed by atoms with Gasteiger partial charge in [-0.2, -0.15) is 18.3 Å². The highest BCUT2D eigenvalue weighted by atomic mass is 19.4. The van der Waals surface area contributed by atoms with Crippen LogP contribution < -0.4 is 11.1 Å². The van der Waals surface area contributed by atoms with Crippen molar-refractivity contribution in [1.29, 1.82) is 0 Å². The van der Waals surface area contributed by atoms with Gasteiger partial charge in [0.05, 0.1) is 11.8 Å². The standard InChI is InChI=1S/C12H11F3N4O/c13-12(14,15)8-5-17-19(6-8)7-11(20)18-10-3-1-9(16)2-4-10/h1-6H,7,16H2,(H,18,20). The SMILES string of the molecule is Nc1ccc(NC(=O)Cn2cc(C(F)(F)F)cn2)cc1. The zero-order valence-corrected chi connectivity index (χ0v) is 10.2. The first-order valence-corrected chi connectivity index (χ1v) is 5.59. The number of nitrogens with one attached hydrogen (secondary N) is 1. The second-order valence-electron chi connectivity index (χ2n) is 4.09. The second kappa shape index (κ2) is 5.24. The van der Waals surface area contributed by atoms with Gasteiger partial charge in [-0.15, -0.1) is 0 Å². The summed E-state index contributed by atoms with van der Waals surface area (Å²) >= 11 is 0. The maximum absolute atomic E-state index is 12.4. The van der Waals surface area contributed by atoms with E-state index in [2.05, 4.69) is 10.4 Å². The Labute approximate surface area is 112 Å². The number of nitrogens with zero attached hydrogens (tertiary/aromatic N) is 2. The molecule has 5 nitrogen and oxygen atoms in total. The molecule has 0 bridgehead atoms. The Morgan fingerprint density at radius 1 is 1.30 bits per heavy atom. The number of nitrogen functional groups attached to an aromatic ring is 1. The van der Waals surface area contributed by atoms with Crippen LogP contribution in [0.15, 0.2) is 36.7 Å². The summed E-state index contributed by atoms with van der Waals surface area (Å²) in [5.41, 5.74) is 5.65. The fourth-order valence-corrected chi connectivity index (χ4v) is 1.51. The summed E-state index contributed by atoms with van der Waals surface area (Å²) in [6.45, 7) is -0.305. The average Bonchev–Trinajstić information content (AvgIpc) is 2.80. The van der Waals surface area contributed by atoms with Crippen molar-refractivity contribution in [1.82, 2.24) is 9.78 Å². The Balaban J connectivity index is 1.98. The summed E-state index contributed by atoms with van der Waals surface area (Å²) in [6.07, 6.45) is -3.01. The molecule has 0 fully saturated rings. The van der Waals surface area contributed by atoms with Crippen LogP contribution in [-0.4, -0.2) is 15.7 Å². The maximum Gasteiger partial charge on any atom is 0.419 e. The van der Waals surface area contributed by atoms with Crippen molar-refractivity contribution in [3.63, 3.8) is 0 Å². The third-order valence-corrected chi connectivity index (χ3v) is 2.46. The molecule has 1 amide bonds. The Kier molecular flexibility index (Phi) is 3.64. The lowest BCUT2D eigenvalue weighted by atomic mass is 10.3. The average molecular weight is 284 g/mol. The summed E-state index contributed by atoms with van der Waals surface area (Å²) in [4.78, 5) is 11.6. The summed E-state index contributed by atoms with van der Waals surface area (Å²) in [6, 6.07) is 6.39. The van der Waals surface area contributed by atoms with Crippen molar-refractivity contribution >= 4 is 17.3 Å². The minimum Gasteiger partial charge on any atom is -0.399 e. The summed E-state index contributed by atoms with van der Waals surface area (Å²) < 4.78 is 38.0. The minimum atomic E-state index is -4.47. The van der Waals surface area contributed by atoms with Crippen molar-refractivity contribution in [3.05, 3.63) is 42.2 Å². The molecular weight excluding hydrogens is 273 g/mol. The van der Waals surface area contributed by atoms with Gasteiger partial charge < -0.3 is 11.1 Å². The van der Waals surface area contributed by atoms with Gasteiger partial charge in [0, 0.05) is 17.6 Å². The lowest BCUT2D eigenvalue weighted by molar-refractivity contribution is -0.137. The smallest absolute Gasteiger partial charge is 0.399 e. The van der Waals surface area contributed by atoms with Crippen LogP contribution in [0.5, 0.6) is 0 Å². The molecule has 0 atom stereocenters. The number of aromatic nitrogens is 2. The zero-order valence-electron chi connectivity index (χ0n) is 10.2. The van der Waals surface area contributed by atoms with Crippen molar-refractivity contribution in [2.75, 3.05) is 11.1 Å². The van der Waals surface area contributed by atoms with Gasteiger partial charge in [0.25, 0.3) is 0 Å². The quantitative estimate of drug-likeness (QED) is 0.848. The number of anilines is 2. The molecule has 2 rings (SSSR count). The molecule has 20 heavy (non-hydrogen) atoms. The lowest BCUT2D eigenvalue weighted by Crippen LogP contribution is -2.19. The third kappa shape index (κ3) is 3.50. The van der Waals surface area contributed by atoms with Gasteiger partial charge in [-0.1, -0.05) is 0 Å². The van der Waals surface area contributed by atoms with E-state index < -0.39 is 17.6 Å². The molecule has 3 N–H and O–H groups in total. The van der Waals surface area contributed by atoms with Crippen LogP contribution in [0.25, 0.3) is 0 Å². The van der Waals surface area contributed by atoms with Crippen molar-refractivity contribution in [2.24, 2.45) is 0 Å². The Morgan fingerprint density at radius 3 is 2.50 bits per heavy atom. The van der Waals surface area contributed by atoms with Crippen LogP contribution in [0.1, 0.15) is 5.56 Å². The largest absolute Gasteiger partial charge is 0.419 e. The molecule has 0 saturated carbocycles. The van der Waals surface area contributed by atoms with Crippen molar-refractivity contribution in [3.8, 4) is 0 Å². The summed E-state index contributed by atoms with van der Waals surface area (Å²) in [5, 5.41) is 6.02. The first kappa shape index (κ1) is 13.9. The van der Waals surface area contributed by atoms with E-state index in [0.717, 1.165) is 10.9 Å². The van der Waals surface area contributed by atoms with E-state index >= 15 is 0 Å². The number of carbonyl (C=O) groups is 1. The van der Waals surface area contributed by atoms with Gasteiger partial charge in [-0.3, -0.25) is 9.48 Å². The first-order chi connectivity index (χ1) is 9.34. The molecule has 106 valence electrons.